The van der Waals surface area contributed by atoms with Gasteiger partial charge in [0.1, 0.15) is 0 Å². The van der Waals surface area contributed by atoms with E-state index >= 15 is 0 Å². The van der Waals surface area contributed by atoms with Crippen molar-refractivity contribution in [1.29, 1.82) is 0 Å². The maximum absolute atomic E-state index is 5.28. The van der Waals surface area contributed by atoms with Gasteiger partial charge in [0.25, 0.3) is 0 Å². The lowest BCUT2D eigenvalue weighted by molar-refractivity contribution is 1.02. The molecule has 10 aromatic rings. The SMILES string of the molecule is c1ccc(-c2nc(-c3ccccc3)nc(N3c4ccccc4[Si]4(c5ccccc5-c5c4ccc4c5c5ccccc5n4-c4ccccc4)c4ccccc43)n2)cc1. The average Bonchev–Trinajstić information content (AvgIpc) is 3.78. The second-order valence-corrected chi connectivity index (χ2v) is 18.4. The minimum atomic E-state index is -2.93. The molecule has 0 saturated carbocycles. The van der Waals surface area contributed by atoms with Crippen molar-refractivity contribution < 1.29 is 0 Å². The van der Waals surface area contributed by atoms with Crippen molar-refractivity contribution in [3.8, 4) is 39.6 Å². The first-order chi connectivity index (χ1) is 28.3. The zero-order valence-electron chi connectivity index (χ0n) is 30.8. The standard InChI is InChI=1S/C51H33N5Si/c1-4-18-34(19-5-1)49-52-50(35-20-6-2-7-21-35)54-51(53-49)56-40-27-13-16-30-44(40)57(45-31-17-14-28-41(45)56)43-29-15-11-25-38(43)48-46(57)33-32-42-47(48)37-24-10-12-26-39(37)55(42)36-22-8-3-9-23-36/h1-33H. The molecule has 0 radical (unpaired) electrons. The van der Waals surface area contributed by atoms with Crippen LogP contribution in [0.25, 0.3) is 61.4 Å². The van der Waals surface area contributed by atoms with Gasteiger partial charge in [0.05, 0.1) is 11.0 Å². The maximum Gasteiger partial charge on any atom is 0.238 e. The number of hydrogen-bond donors (Lipinski definition) is 0. The van der Waals surface area contributed by atoms with E-state index in [9.17, 15) is 0 Å². The Balaban J connectivity index is 1.17. The highest BCUT2D eigenvalue weighted by Gasteiger charge is 2.54. The van der Waals surface area contributed by atoms with E-state index in [0.717, 1.165) is 28.2 Å². The maximum atomic E-state index is 5.28. The Hall–Kier alpha value is -7.41. The average molecular weight is 744 g/mol. The van der Waals surface area contributed by atoms with Crippen LogP contribution in [-0.4, -0.2) is 27.6 Å². The van der Waals surface area contributed by atoms with E-state index in [1.165, 1.54) is 53.7 Å². The summed E-state index contributed by atoms with van der Waals surface area (Å²) in [4.78, 5) is 17.9. The monoisotopic (exact) mass is 743 g/mol. The first-order valence-electron chi connectivity index (χ1n) is 19.4. The van der Waals surface area contributed by atoms with Crippen LogP contribution in [0.1, 0.15) is 0 Å². The molecule has 12 rings (SSSR count). The van der Waals surface area contributed by atoms with Crippen LogP contribution < -0.4 is 25.6 Å². The molecule has 4 heterocycles. The van der Waals surface area contributed by atoms with Gasteiger partial charge >= 0.3 is 0 Å². The van der Waals surface area contributed by atoms with Crippen molar-refractivity contribution in [2.45, 2.75) is 0 Å². The topological polar surface area (TPSA) is 46.8 Å². The Morgan fingerprint density at radius 3 is 1.56 bits per heavy atom. The molecule has 1 spiro atoms. The third-order valence-corrected chi connectivity index (χ3v) is 16.8. The van der Waals surface area contributed by atoms with Crippen molar-refractivity contribution in [3.05, 3.63) is 200 Å². The number of fused-ring (bicyclic) bond motifs is 13. The summed E-state index contributed by atoms with van der Waals surface area (Å²) >= 11 is 0. The van der Waals surface area contributed by atoms with Crippen LogP contribution in [-0.2, 0) is 0 Å². The number of nitrogens with zero attached hydrogens (tertiary/aromatic N) is 5. The first-order valence-corrected chi connectivity index (χ1v) is 21.4. The first kappa shape index (κ1) is 31.9. The van der Waals surface area contributed by atoms with Crippen LogP contribution in [0.5, 0.6) is 0 Å². The van der Waals surface area contributed by atoms with Crippen LogP contribution >= 0.6 is 0 Å². The third-order valence-electron chi connectivity index (χ3n) is 11.8. The van der Waals surface area contributed by atoms with Gasteiger partial charge in [-0.1, -0.05) is 164 Å². The lowest BCUT2D eigenvalue weighted by Crippen LogP contribution is -2.75. The Bertz CT molecular complexity index is 3090. The Kier molecular flexibility index (Phi) is 6.88. The van der Waals surface area contributed by atoms with E-state index in [-0.39, 0.29) is 0 Å². The lowest BCUT2D eigenvalue weighted by Gasteiger charge is -2.42. The molecule has 2 aliphatic rings. The summed E-state index contributed by atoms with van der Waals surface area (Å²) in [5.41, 5.74) is 10.3. The summed E-state index contributed by atoms with van der Waals surface area (Å²) in [7, 11) is -2.93. The molecule has 0 saturated heterocycles. The molecule has 0 amide bonds. The smallest absolute Gasteiger partial charge is 0.238 e. The van der Waals surface area contributed by atoms with Crippen LogP contribution in [0.15, 0.2) is 200 Å². The molecule has 0 bridgehead atoms. The van der Waals surface area contributed by atoms with Crippen molar-refractivity contribution >= 4 is 67.9 Å². The Morgan fingerprint density at radius 2 is 0.912 bits per heavy atom. The lowest BCUT2D eigenvalue weighted by atomic mass is 9.99. The third kappa shape index (κ3) is 4.47. The van der Waals surface area contributed by atoms with Gasteiger partial charge in [-0.2, -0.15) is 9.97 Å². The van der Waals surface area contributed by atoms with Crippen LogP contribution in [0.2, 0.25) is 0 Å². The highest BCUT2D eigenvalue weighted by Crippen LogP contribution is 2.45. The second kappa shape index (κ2) is 12.3. The summed E-state index contributed by atoms with van der Waals surface area (Å²) < 4.78 is 2.43. The van der Waals surface area contributed by atoms with Crippen molar-refractivity contribution in [3.63, 3.8) is 0 Å². The van der Waals surface area contributed by atoms with Crippen molar-refractivity contribution in [1.82, 2.24) is 19.5 Å². The van der Waals surface area contributed by atoms with Crippen molar-refractivity contribution in [2.75, 3.05) is 4.90 Å². The van der Waals surface area contributed by atoms with E-state index < -0.39 is 8.07 Å². The number of rotatable bonds is 4. The minimum Gasteiger partial charge on any atom is -0.309 e. The predicted molar refractivity (Wildman–Crippen MR) is 236 cm³/mol. The molecule has 266 valence electrons. The zero-order chi connectivity index (χ0) is 37.5. The molecule has 57 heavy (non-hydrogen) atoms. The van der Waals surface area contributed by atoms with Gasteiger partial charge in [-0.3, -0.25) is 4.90 Å². The summed E-state index contributed by atoms with van der Waals surface area (Å²) in [6.45, 7) is 0. The van der Waals surface area contributed by atoms with E-state index in [2.05, 4.69) is 173 Å². The number of benzene rings is 8. The van der Waals surface area contributed by atoms with Gasteiger partial charge in [0.15, 0.2) is 19.7 Å². The molecular formula is C51H33N5Si. The molecule has 6 heteroatoms. The summed E-state index contributed by atoms with van der Waals surface area (Å²) in [6, 6.07) is 72.1. The number of hydrogen-bond acceptors (Lipinski definition) is 4. The highest BCUT2D eigenvalue weighted by molar-refractivity contribution is 7.23. The minimum absolute atomic E-state index is 0.597. The Labute approximate surface area is 330 Å². The van der Waals surface area contributed by atoms with Crippen molar-refractivity contribution in [2.24, 2.45) is 0 Å². The molecule has 2 aliphatic heterocycles. The Morgan fingerprint density at radius 1 is 0.386 bits per heavy atom. The molecule has 0 aliphatic carbocycles. The summed E-state index contributed by atoms with van der Waals surface area (Å²) in [5, 5.41) is 8.04. The van der Waals surface area contributed by atoms with Gasteiger partial charge in [-0.25, -0.2) is 4.98 Å². The van der Waals surface area contributed by atoms with Gasteiger partial charge < -0.3 is 4.57 Å². The van der Waals surface area contributed by atoms with Crippen LogP contribution in [0.4, 0.5) is 17.3 Å². The van der Waals surface area contributed by atoms with Gasteiger partial charge in [-0.05, 0) is 68.3 Å². The van der Waals surface area contributed by atoms with Gasteiger partial charge in [0, 0.05) is 39.0 Å². The largest absolute Gasteiger partial charge is 0.309 e. The number of anilines is 3. The molecule has 0 unspecified atom stereocenters. The molecule has 5 nitrogen and oxygen atoms in total. The normalized spacial score (nSPS) is 13.4. The zero-order valence-corrected chi connectivity index (χ0v) is 31.8. The molecule has 8 aromatic carbocycles. The number of para-hydroxylation sites is 4. The summed E-state index contributed by atoms with van der Waals surface area (Å²) in [6.07, 6.45) is 0. The van der Waals surface area contributed by atoms with E-state index in [4.69, 9.17) is 15.0 Å². The second-order valence-electron chi connectivity index (χ2n) is 14.8. The quantitative estimate of drug-likeness (QED) is 0.169. The van der Waals surface area contributed by atoms with Gasteiger partial charge in [-0.15, -0.1) is 0 Å². The fourth-order valence-electron chi connectivity index (χ4n) is 9.62. The highest BCUT2D eigenvalue weighted by atomic mass is 28.3. The fourth-order valence-corrected chi connectivity index (χ4v) is 15.1. The van der Waals surface area contributed by atoms with Crippen LogP contribution in [0.3, 0.4) is 0 Å². The molecule has 0 fully saturated rings. The summed E-state index contributed by atoms with van der Waals surface area (Å²) in [5.74, 6) is 1.88. The van der Waals surface area contributed by atoms with E-state index in [1.54, 1.807) is 0 Å². The molecule has 2 aromatic heterocycles. The molecular weight excluding hydrogens is 711 g/mol. The van der Waals surface area contributed by atoms with Crippen LogP contribution in [0, 0.1) is 0 Å². The number of aromatic nitrogens is 4. The fraction of sp³-hybridized carbons (Fsp3) is 0. The van der Waals surface area contributed by atoms with E-state index in [0.29, 0.717) is 17.6 Å². The molecule has 0 atom stereocenters. The predicted octanol–water partition coefficient (Wildman–Crippen LogP) is 9.44. The molecule has 0 N–H and O–H groups in total. The van der Waals surface area contributed by atoms with E-state index in [1.807, 2.05) is 36.4 Å². The van der Waals surface area contributed by atoms with Gasteiger partial charge in [0.2, 0.25) is 5.95 Å².